The second kappa shape index (κ2) is 5.43. The first-order valence-electron chi connectivity index (χ1n) is 5.39. The first-order chi connectivity index (χ1) is 8.99. The minimum atomic E-state index is -3.51. The minimum Gasteiger partial charge on any atom is -0.419 e. The van der Waals surface area contributed by atoms with Gasteiger partial charge in [-0.15, -0.1) is 10.2 Å². The molecule has 9 heteroatoms. The SMILES string of the molecule is CN(C)S(=O)(=O)NCc1nnc(-c2cccnc2)o1. The van der Waals surface area contributed by atoms with Gasteiger partial charge in [0.25, 0.3) is 10.2 Å². The van der Waals surface area contributed by atoms with Gasteiger partial charge in [-0.3, -0.25) is 4.98 Å². The molecule has 8 nitrogen and oxygen atoms in total. The lowest BCUT2D eigenvalue weighted by atomic mass is 10.3. The summed E-state index contributed by atoms with van der Waals surface area (Å²) in [5.41, 5.74) is 0.678. The van der Waals surface area contributed by atoms with Crippen molar-refractivity contribution in [2.75, 3.05) is 14.1 Å². The fraction of sp³-hybridized carbons (Fsp3) is 0.300. The normalized spacial score (nSPS) is 11.9. The van der Waals surface area contributed by atoms with Crippen LogP contribution in [0.4, 0.5) is 0 Å². The first-order valence-corrected chi connectivity index (χ1v) is 6.83. The molecule has 1 N–H and O–H groups in total. The summed E-state index contributed by atoms with van der Waals surface area (Å²) in [6.45, 7) is -0.0617. The van der Waals surface area contributed by atoms with Gasteiger partial charge in [-0.05, 0) is 12.1 Å². The van der Waals surface area contributed by atoms with Crippen LogP contribution in [0, 0.1) is 0 Å². The fourth-order valence-corrected chi connectivity index (χ4v) is 1.78. The van der Waals surface area contributed by atoms with Gasteiger partial charge in [0.1, 0.15) is 0 Å². The lowest BCUT2D eigenvalue weighted by Gasteiger charge is -2.10. The molecule has 0 unspecified atom stereocenters. The second-order valence-corrected chi connectivity index (χ2v) is 5.82. The standard InChI is InChI=1S/C10H13N5O3S/c1-15(2)19(16,17)12-7-9-13-14-10(18-9)8-4-3-5-11-6-8/h3-6,12H,7H2,1-2H3. The summed E-state index contributed by atoms with van der Waals surface area (Å²) >= 11 is 0. The summed E-state index contributed by atoms with van der Waals surface area (Å²) in [5.74, 6) is 0.483. The highest BCUT2D eigenvalue weighted by atomic mass is 32.2. The van der Waals surface area contributed by atoms with Gasteiger partial charge < -0.3 is 4.42 Å². The molecule has 0 aliphatic carbocycles. The van der Waals surface area contributed by atoms with E-state index in [-0.39, 0.29) is 12.4 Å². The maximum Gasteiger partial charge on any atom is 0.279 e. The van der Waals surface area contributed by atoms with E-state index in [1.807, 2.05) is 0 Å². The Morgan fingerprint density at radius 2 is 2.16 bits per heavy atom. The van der Waals surface area contributed by atoms with E-state index in [4.69, 9.17) is 4.42 Å². The monoisotopic (exact) mass is 283 g/mol. The van der Waals surface area contributed by atoms with E-state index >= 15 is 0 Å². The minimum absolute atomic E-state index is 0.0617. The van der Waals surface area contributed by atoms with Crippen LogP contribution in [0.5, 0.6) is 0 Å². The van der Waals surface area contributed by atoms with Crippen LogP contribution in [-0.4, -0.2) is 42.0 Å². The van der Waals surface area contributed by atoms with Crippen molar-refractivity contribution < 1.29 is 12.8 Å². The van der Waals surface area contributed by atoms with Crippen LogP contribution in [0.3, 0.4) is 0 Å². The largest absolute Gasteiger partial charge is 0.419 e. The van der Waals surface area contributed by atoms with Crippen molar-refractivity contribution in [3.8, 4) is 11.5 Å². The molecule has 0 bridgehead atoms. The first kappa shape index (κ1) is 13.6. The van der Waals surface area contributed by atoms with E-state index in [1.54, 1.807) is 24.5 Å². The number of aromatic nitrogens is 3. The summed E-state index contributed by atoms with van der Waals surface area (Å²) in [5, 5.41) is 7.59. The van der Waals surface area contributed by atoms with Crippen molar-refractivity contribution >= 4 is 10.2 Å². The van der Waals surface area contributed by atoms with E-state index in [1.165, 1.54) is 14.1 Å². The Labute approximate surface area is 110 Å². The number of pyridine rings is 1. The number of rotatable bonds is 5. The van der Waals surface area contributed by atoms with E-state index in [0.29, 0.717) is 11.5 Å². The summed E-state index contributed by atoms with van der Waals surface area (Å²) in [7, 11) is -0.653. The molecule has 0 saturated heterocycles. The van der Waals surface area contributed by atoms with Crippen LogP contribution < -0.4 is 4.72 Å². The van der Waals surface area contributed by atoms with Crippen LogP contribution in [0.25, 0.3) is 11.5 Å². The van der Waals surface area contributed by atoms with Crippen LogP contribution in [0.1, 0.15) is 5.89 Å². The van der Waals surface area contributed by atoms with Crippen molar-refractivity contribution in [3.05, 3.63) is 30.4 Å². The van der Waals surface area contributed by atoms with Gasteiger partial charge in [-0.2, -0.15) is 17.4 Å². The lowest BCUT2D eigenvalue weighted by molar-refractivity contribution is 0.474. The molecule has 0 radical (unpaired) electrons. The Morgan fingerprint density at radius 3 is 2.79 bits per heavy atom. The predicted octanol–water partition coefficient (Wildman–Crippen LogP) is 0.0276. The van der Waals surface area contributed by atoms with Crippen molar-refractivity contribution in [2.45, 2.75) is 6.54 Å². The van der Waals surface area contributed by atoms with Gasteiger partial charge in [-0.1, -0.05) is 0 Å². The summed E-state index contributed by atoms with van der Waals surface area (Å²) in [6.07, 6.45) is 3.22. The molecule has 0 aliphatic rings. The number of nitrogens with zero attached hydrogens (tertiary/aromatic N) is 4. The van der Waals surface area contributed by atoms with Crippen molar-refractivity contribution in [2.24, 2.45) is 0 Å². The van der Waals surface area contributed by atoms with Crippen LogP contribution in [-0.2, 0) is 16.8 Å². The smallest absolute Gasteiger partial charge is 0.279 e. The number of hydrogen-bond donors (Lipinski definition) is 1. The van der Waals surface area contributed by atoms with Gasteiger partial charge in [0.2, 0.25) is 11.8 Å². The van der Waals surface area contributed by atoms with Crippen molar-refractivity contribution in [1.82, 2.24) is 24.2 Å². The van der Waals surface area contributed by atoms with E-state index < -0.39 is 10.2 Å². The zero-order chi connectivity index (χ0) is 13.9. The summed E-state index contributed by atoms with van der Waals surface area (Å²) in [4.78, 5) is 3.93. The molecule has 2 rings (SSSR count). The summed E-state index contributed by atoms with van der Waals surface area (Å²) < 4.78 is 31.7. The Kier molecular flexibility index (Phi) is 3.88. The quantitative estimate of drug-likeness (QED) is 0.830. The molecule has 102 valence electrons. The van der Waals surface area contributed by atoms with Gasteiger partial charge >= 0.3 is 0 Å². The van der Waals surface area contributed by atoms with Crippen LogP contribution in [0.2, 0.25) is 0 Å². The molecule has 2 aromatic rings. The van der Waals surface area contributed by atoms with Crippen LogP contribution >= 0.6 is 0 Å². The highest BCUT2D eigenvalue weighted by Gasteiger charge is 2.15. The van der Waals surface area contributed by atoms with E-state index in [9.17, 15) is 8.42 Å². The Bertz CT molecular complexity index is 638. The molecule has 0 amide bonds. The molecule has 0 atom stereocenters. The Balaban J connectivity index is 2.07. The Hall–Kier alpha value is -1.84. The van der Waals surface area contributed by atoms with E-state index in [0.717, 1.165) is 4.31 Å². The fourth-order valence-electron chi connectivity index (χ4n) is 1.21. The molecular weight excluding hydrogens is 270 g/mol. The zero-order valence-corrected chi connectivity index (χ0v) is 11.3. The van der Waals surface area contributed by atoms with Gasteiger partial charge in [0, 0.05) is 26.5 Å². The van der Waals surface area contributed by atoms with Crippen molar-refractivity contribution in [1.29, 1.82) is 0 Å². The molecule has 2 aromatic heterocycles. The second-order valence-electron chi connectivity index (χ2n) is 3.85. The third kappa shape index (κ3) is 3.34. The average Bonchev–Trinajstić information content (AvgIpc) is 2.86. The number of nitrogens with one attached hydrogen (secondary N) is 1. The molecule has 0 fully saturated rings. The third-order valence-electron chi connectivity index (χ3n) is 2.26. The summed E-state index contributed by atoms with van der Waals surface area (Å²) in [6, 6.07) is 3.52. The molecule has 0 saturated carbocycles. The van der Waals surface area contributed by atoms with Gasteiger partial charge in [-0.25, -0.2) is 0 Å². The molecule has 19 heavy (non-hydrogen) atoms. The highest BCUT2D eigenvalue weighted by molar-refractivity contribution is 7.87. The third-order valence-corrected chi connectivity index (χ3v) is 3.73. The maximum atomic E-state index is 11.5. The van der Waals surface area contributed by atoms with Gasteiger partial charge in [0.05, 0.1) is 12.1 Å². The maximum absolute atomic E-state index is 11.5. The predicted molar refractivity (Wildman–Crippen MR) is 67.0 cm³/mol. The highest BCUT2D eigenvalue weighted by Crippen LogP contribution is 2.15. The number of hydrogen-bond acceptors (Lipinski definition) is 6. The molecule has 0 spiro atoms. The molecule has 0 aromatic carbocycles. The molecule has 0 aliphatic heterocycles. The van der Waals surface area contributed by atoms with Crippen LogP contribution in [0.15, 0.2) is 28.9 Å². The topological polar surface area (TPSA) is 101 Å². The molecule has 2 heterocycles. The van der Waals surface area contributed by atoms with E-state index in [2.05, 4.69) is 19.9 Å². The zero-order valence-electron chi connectivity index (χ0n) is 10.4. The Morgan fingerprint density at radius 1 is 1.37 bits per heavy atom. The lowest BCUT2D eigenvalue weighted by Crippen LogP contribution is -2.35. The van der Waals surface area contributed by atoms with Gasteiger partial charge in [0.15, 0.2) is 0 Å². The average molecular weight is 283 g/mol. The van der Waals surface area contributed by atoms with Crippen molar-refractivity contribution in [3.63, 3.8) is 0 Å². The molecular formula is C10H13N5O3S.